The third-order valence-electron chi connectivity index (χ3n) is 4.18. The van der Waals surface area contributed by atoms with Gasteiger partial charge >= 0.3 is 0 Å². The SMILES string of the molecule is Cc1ccccc1-n1nc(-c2ccc(F)cc2Cl)c2c1NCC2. The van der Waals surface area contributed by atoms with E-state index in [-0.39, 0.29) is 5.82 Å². The molecule has 0 spiro atoms. The number of para-hydroxylation sites is 1. The third kappa shape index (κ3) is 2.30. The van der Waals surface area contributed by atoms with E-state index in [4.69, 9.17) is 16.7 Å². The van der Waals surface area contributed by atoms with Gasteiger partial charge in [0, 0.05) is 17.7 Å². The molecule has 5 heteroatoms. The van der Waals surface area contributed by atoms with Gasteiger partial charge in [0.15, 0.2) is 0 Å². The molecule has 1 N–H and O–H groups in total. The van der Waals surface area contributed by atoms with Gasteiger partial charge in [-0.25, -0.2) is 9.07 Å². The van der Waals surface area contributed by atoms with E-state index in [1.807, 2.05) is 22.9 Å². The molecule has 116 valence electrons. The summed E-state index contributed by atoms with van der Waals surface area (Å²) in [5.74, 6) is 0.654. The normalized spacial score (nSPS) is 13.0. The number of anilines is 1. The average molecular weight is 328 g/mol. The minimum Gasteiger partial charge on any atom is -0.369 e. The molecule has 0 amide bonds. The second-order valence-electron chi connectivity index (χ2n) is 5.68. The van der Waals surface area contributed by atoms with Crippen LogP contribution in [0.2, 0.25) is 5.02 Å². The molecular weight excluding hydrogens is 313 g/mol. The Morgan fingerprint density at radius 3 is 2.83 bits per heavy atom. The highest BCUT2D eigenvalue weighted by atomic mass is 35.5. The molecule has 3 nitrogen and oxygen atoms in total. The highest BCUT2D eigenvalue weighted by Gasteiger charge is 2.25. The Labute approximate surface area is 138 Å². The number of hydrogen-bond acceptors (Lipinski definition) is 2. The van der Waals surface area contributed by atoms with Crippen LogP contribution in [0.25, 0.3) is 16.9 Å². The molecular formula is C18H15ClFN3. The second kappa shape index (κ2) is 5.39. The van der Waals surface area contributed by atoms with Gasteiger partial charge in [-0.3, -0.25) is 0 Å². The van der Waals surface area contributed by atoms with Crippen LogP contribution in [-0.4, -0.2) is 16.3 Å². The van der Waals surface area contributed by atoms with Crippen LogP contribution < -0.4 is 5.32 Å². The van der Waals surface area contributed by atoms with Gasteiger partial charge < -0.3 is 5.32 Å². The first-order chi connectivity index (χ1) is 11.1. The standard InChI is InChI=1S/C18H15ClFN3/c1-11-4-2-3-5-16(11)23-18-14(8-9-21-18)17(22-23)13-7-6-12(20)10-15(13)19/h2-7,10,21H,8-9H2,1H3. The number of benzene rings is 2. The molecule has 1 aliphatic rings. The van der Waals surface area contributed by atoms with E-state index in [0.717, 1.165) is 46.9 Å². The van der Waals surface area contributed by atoms with Crippen molar-refractivity contribution in [3.63, 3.8) is 0 Å². The van der Waals surface area contributed by atoms with Crippen molar-refractivity contribution in [2.45, 2.75) is 13.3 Å². The van der Waals surface area contributed by atoms with Crippen LogP contribution in [0.3, 0.4) is 0 Å². The van der Waals surface area contributed by atoms with Crippen LogP contribution in [0.5, 0.6) is 0 Å². The molecule has 0 atom stereocenters. The Kier molecular flexibility index (Phi) is 3.34. The molecule has 1 aromatic heterocycles. The molecule has 23 heavy (non-hydrogen) atoms. The lowest BCUT2D eigenvalue weighted by atomic mass is 10.1. The largest absolute Gasteiger partial charge is 0.369 e. The predicted molar refractivity (Wildman–Crippen MR) is 90.9 cm³/mol. The number of rotatable bonds is 2. The zero-order valence-corrected chi connectivity index (χ0v) is 13.4. The molecule has 0 saturated carbocycles. The molecule has 0 unspecified atom stereocenters. The molecule has 4 rings (SSSR count). The van der Waals surface area contributed by atoms with Gasteiger partial charge in [0.05, 0.1) is 16.4 Å². The van der Waals surface area contributed by atoms with Crippen molar-refractivity contribution < 1.29 is 4.39 Å². The summed E-state index contributed by atoms with van der Waals surface area (Å²) < 4.78 is 15.3. The lowest BCUT2D eigenvalue weighted by molar-refractivity contribution is 0.628. The maximum Gasteiger partial charge on any atom is 0.133 e. The van der Waals surface area contributed by atoms with Gasteiger partial charge in [-0.2, -0.15) is 5.10 Å². The molecule has 0 saturated heterocycles. The smallest absolute Gasteiger partial charge is 0.133 e. The molecule has 0 radical (unpaired) electrons. The van der Waals surface area contributed by atoms with E-state index in [2.05, 4.69) is 18.3 Å². The topological polar surface area (TPSA) is 29.9 Å². The molecule has 2 heterocycles. The van der Waals surface area contributed by atoms with Crippen molar-refractivity contribution in [3.05, 3.63) is 64.4 Å². The second-order valence-corrected chi connectivity index (χ2v) is 6.08. The van der Waals surface area contributed by atoms with Crippen LogP contribution in [0.1, 0.15) is 11.1 Å². The van der Waals surface area contributed by atoms with Crippen LogP contribution in [0.4, 0.5) is 10.2 Å². The zero-order valence-electron chi connectivity index (χ0n) is 12.6. The summed E-state index contributed by atoms with van der Waals surface area (Å²) in [5, 5.41) is 8.55. The van der Waals surface area contributed by atoms with E-state index < -0.39 is 0 Å². The van der Waals surface area contributed by atoms with Crippen LogP contribution in [-0.2, 0) is 6.42 Å². The highest BCUT2D eigenvalue weighted by molar-refractivity contribution is 6.33. The molecule has 0 bridgehead atoms. The maximum atomic E-state index is 13.3. The number of halogens is 2. The summed E-state index contributed by atoms with van der Waals surface area (Å²) in [7, 11) is 0. The summed E-state index contributed by atoms with van der Waals surface area (Å²) in [6.07, 6.45) is 0.879. The van der Waals surface area contributed by atoms with Gasteiger partial charge in [0.1, 0.15) is 11.6 Å². The zero-order chi connectivity index (χ0) is 16.0. The Hall–Kier alpha value is -2.33. The van der Waals surface area contributed by atoms with Gasteiger partial charge in [0.2, 0.25) is 0 Å². The van der Waals surface area contributed by atoms with E-state index in [0.29, 0.717) is 5.02 Å². The lowest BCUT2D eigenvalue weighted by Gasteiger charge is -2.09. The quantitative estimate of drug-likeness (QED) is 0.745. The van der Waals surface area contributed by atoms with Crippen molar-refractivity contribution >= 4 is 17.4 Å². The van der Waals surface area contributed by atoms with Gasteiger partial charge in [-0.15, -0.1) is 0 Å². The fourth-order valence-electron chi connectivity index (χ4n) is 3.05. The first-order valence-electron chi connectivity index (χ1n) is 7.52. The molecule has 2 aromatic carbocycles. The summed E-state index contributed by atoms with van der Waals surface area (Å²) in [6.45, 7) is 2.92. The van der Waals surface area contributed by atoms with Crippen molar-refractivity contribution in [3.8, 4) is 16.9 Å². The predicted octanol–water partition coefficient (Wildman–Crippen LogP) is 4.61. The Balaban J connectivity index is 1.94. The number of aryl methyl sites for hydroxylation is 1. The number of fused-ring (bicyclic) bond motifs is 1. The first-order valence-corrected chi connectivity index (χ1v) is 7.90. The summed E-state index contributed by atoms with van der Waals surface area (Å²) >= 11 is 6.24. The Morgan fingerprint density at radius 2 is 2.04 bits per heavy atom. The lowest BCUT2D eigenvalue weighted by Crippen LogP contribution is -2.05. The van der Waals surface area contributed by atoms with E-state index in [1.165, 1.54) is 12.1 Å². The molecule has 0 aliphatic carbocycles. The van der Waals surface area contributed by atoms with Crippen LogP contribution >= 0.6 is 11.6 Å². The van der Waals surface area contributed by atoms with Gasteiger partial charge in [-0.05, 0) is 43.2 Å². The summed E-state index contributed by atoms with van der Waals surface area (Å²) in [4.78, 5) is 0. The molecule has 1 aliphatic heterocycles. The van der Waals surface area contributed by atoms with Crippen LogP contribution in [0, 0.1) is 12.7 Å². The number of hydrogen-bond donors (Lipinski definition) is 1. The number of nitrogens with one attached hydrogen (secondary N) is 1. The van der Waals surface area contributed by atoms with Crippen molar-refractivity contribution in [1.82, 2.24) is 9.78 Å². The maximum absolute atomic E-state index is 13.3. The Morgan fingerprint density at radius 1 is 1.22 bits per heavy atom. The minimum atomic E-state index is -0.341. The molecule has 0 fully saturated rings. The van der Waals surface area contributed by atoms with Gasteiger partial charge in [-0.1, -0.05) is 29.8 Å². The fourth-order valence-corrected chi connectivity index (χ4v) is 3.30. The average Bonchev–Trinajstić information content (AvgIpc) is 3.11. The summed E-state index contributed by atoms with van der Waals surface area (Å²) in [6, 6.07) is 12.5. The third-order valence-corrected chi connectivity index (χ3v) is 4.49. The Bertz CT molecular complexity index is 901. The number of aromatic nitrogens is 2. The minimum absolute atomic E-state index is 0.341. The highest BCUT2D eigenvalue weighted by Crippen LogP contribution is 2.38. The van der Waals surface area contributed by atoms with E-state index >= 15 is 0 Å². The van der Waals surface area contributed by atoms with Crippen molar-refractivity contribution in [1.29, 1.82) is 0 Å². The van der Waals surface area contributed by atoms with E-state index in [1.54, 1.807) is 6.07 Å². The van der Waals surface area contributed by atoms with Gasteiger partial charge in [0.25, 0.3) is 0 Å². The van der Waals surface area contributed by atoms with E-state index in [9.17, 15) is 4.39 Å². The number of nitrogens with zero attached hydrogens (tertiary/aromatic N) is 2. The first kappa shape index (κ1) is 14.3. The molecule has 3 aromatic rings. The summed E-state index contributed by atoms with van der Waals surface area (Å²) in [5.41, 5.74) is 4.88. The fraction of sp³-hybridized carbons (Fsp3) is 0.167. The van der Waals surface area contributed by atoms with Crippen LogP contribution in [0.15, 0.2) is 42.5 Å². The monoisotopic (exact) mass is 327 g/mol. The van der Waals surface area contributed by atoms with Crippen molar-refractivity contribution in [2.75, 3.05) is 11.9 Å². The van der Waals surface area contributed by atoms with Crippen molar-refractivity contribution in [2.24, 2.45) is 0 Å².